The van der Waals surface area contributed by atoms with Gasteiger partial charge in [0.1, 0.15) is 6.54 Å². The number of carbonyl (C=O) groups excluding carboxylic acids is 1. The SMILES string of the molecule is O=C1CN(c2ccccc2)c2ccc(Br)cc2N1. The minimum Gasteiger partial charge on any atom is -0.330 e. The second-order valence-electron chi connectivity index (χ2n) is 4.13. The summed E-state index contributed by atoms with van der Waals surface area (Å²) >= 11 is 3.42. The molecule has 4 heteroatoms. The van der Waals surface area contributed by atoms with Crippen LogP contribution >= 0.6 is 15.9 Å². The Balaban J connectivity index is 2.10. The highest BCUT2D eigenvalue weighted by Gasteiger charge is 2.22. The fourth-order valence-electron chi connectivity index (χ4n) is 2.10. The van der Waals surface area contributed by atoms with E-state index in [1.807, 2.05) is 53.4 Å². The average molecular weight is 303 g/mol. The third-order valence-electron chi connectivity index (χ3n) is 2.89. The molecule has 1 aliphatic heterocycles. The summed E-state index contributed by atoms with van der Waals surface area (Å²) in [7, 11) is 0. The number of nitrogens with one attached hydrogen (secondary N) is 1. The molecule has 0 fully saturated rings. The molecule has 0 bridgehead atoms. The Morgan fingerprint density at radius 1 is 1.11 bits per heavy atom. The van der Waals surface area contributed by atoms with Crippen molar-refractivity contribution in [3.05, 3.63) is 53.0 Å². The maximum Gasteiger partial charge on any atom is 0.244 e. The first-order valence-corrected chi connectivity index (χ1v) is 6.45. The van der Waals surface area contributed by atoms with Crippen LogP contribution in [0.1, 0.15) is 0 Å². The van der Waals surface area contributed by atoms with E-state index < -0.39 is 0 Å². The lowest BCUT2D eigenvalue weighted by atomic mass is 10.1. The number of fused-ring (bicyclic) bond motifs is 1. The van der Waals surface area contributed by atoms with Gasteiger partial charge in [-0.3, -0.25) is 4.79 Å². The molecule has 1 amide bonds. The number of amides is 1. The summed E-state index contributed by atoms with van der Waals surface area (Å²) in [6, 6.07) is 15.8. The molecule has 90 valence electrons. The number of carbonyl (C=O) groups is 1. The number of benzene rings is 2. The maximum atomic E-state index is 11.8. The molecular formula is C14H11BrN2O. The molecule has 3 rings (SSSR count). The molecular weight excluding hydrogens is 292 g/mol. The van der Waals surface area contributed by atoms with E-state index in [1.165, 1.54) is 0 Å². The van der Waals surface area contributed by atoms with E-state index >= 15 is 0 Å². The van der Waals surface area contributed by atoms with Gasteiger partial charge in [0.25, 0.3) is 0 Å². The topological polar surface area (TPSA) is 32.3 Å². The van der Waals surface area contributed by atoms with E-state index in [2.05, 4.69) is 21.2 Å². The zero-order chi connectivity index (χ0) is 12.5. The molecule has 0 spiro atoms. The summed E-state index contributed by atoms with van der Waals surface area (Å²) in [5.74, 6) is 0.00412. The van der Waals surface area contributed by atoms with Crippen molar-refractivity contribution in [2.75, 3.05) is 16.8 Å². The van der Waals surface area contributed by atoms with Crippen molar-refractivity contribution < 1.29 is 4.79 Å². The zero-order valence-electron chi connectivity index (χ0n) is 9.56. The Hall–Kier alpha value is -1.81. The van der Waals surface area contributed by atoms with E-state index in [1.54, 1.807) is 0 Å². The molecule has 0 saturated heterocycles. The first kappa shape index (κ1) is 11.3. The largest absolute Gasteiger partial charge is 0.330 e. The van der Waals surface area contributed by atoms with Gasteiger partial charge in [-0.25, -0.2) is 0 Å². The lowest BCUT2D eigenvalue weighted by molar-refractivity contribution is -0.115. The molecule has 18 heavy (non-hydrogen) atoms. The van der Waals surface area contributed by atoms with Crippen LogP contribution in [0.15, 0.2) is 53.0 Å². The van der Waals surface area contributed by atoms with Crippen molar-refractivity contribution in [1.29, 1.82) is 0 Å². The molecule has 0 aromatic heterocycles. The van der Waals surface area contributed by atoms with Gasteiger partial charge in [0.15, 0.2) is 0 Å². The first-order valence-electron chi connectivity index (χ1n) is 5.66. The summed E-state index contributed by atoms with van der Waals surface area (Å²) in [6.45, 7) is 0.346. The molecule has 0 radical (unpaired) electrons. The van der Waals surface area contributed by atoms with Crippen LogP contribution in [-0.4, -0.2) is 12.5 Å². The van der Waals surface area contributed by atoms with E-state index in [4.69, 9.17) is 0 Å². The van der Waals surface area contributed by atoms with Crippen LogP contribution in [0, 0.1) is 0 Å². The Kier molecular flexibility index (Phi) is 2.80. The molecule has 0 atom stereocenters. The molecule has 1 aliphatic rings. The Bertz CT molecular complexity index is 598. The van der Waals surface area contributed by atoms with Crippen molar-refractivity contribution in [3.63, 3.8) is 0 Å². The molecule has 1 N–H and O–H groups in total. The normalized spacial score (nSPS) is 14.1. The minimum atomic E-state index is 0.00412. The van der Waals surface area contributed by atoms with Gasteiger partial charge in [-0.2, -0.15) is 0 Å². The van der Waals surface area contributed by atoms with Crippen LogP contribution in [0.5, 0.6) is 0 Å². The van der Waals surface area contributed by atoms with E-state index in [0.717, 1.165) is 21.5 Å². The highest BCUT2D eigenvalue weighted by atomic mass is 79.9. The van der Waals surface area contributed by atoms with Crippen molar-refractivity contribution in [2.45, 2.75) is 0 Å². The third kappa shape index (κ3) is 1.99. The fraction of sp³-hybridized carbons (Fsp3) is 0.0714. The molecule has 2 aromatic carbocycles. The van der Waals surface area contributed by atoms with Gasteiger partial charge in [0.2, 0.25) is 5.91 Å². The van der Waals surface area contributed by atoms with Crippen molar-refractivity contribution >= 4 is 38.9 Å². The summed E-state index contributed by atoms with van der Waals surface area (Å²) in [6.07, 6.45) is 0. The van der Waals surface area contributed by atoms with Gasteiger partial charge in [0.05, 0.1) is 11.4 Å². The predicted molar refractivity (Wildman–Crippen MR) is 76.2 cm³/mol. The van der Waals surface area contributed by atoms with Crippen LogP contribution in [0.3, 0.4) is 0 Å². The Morgan fingerprint density at radius 2 is 1.89 bits per heavy atom. The van der Waals surface area contributed by atoms with Crippen LogP contribution < -0.4 is 10.2 Å². The van der Waals surface area contributed by atoms with Crippen molar-refractivity contribution in [2.24, 2.45) is 0 Å². The monoisotopic (exact) mass is 302 g/mol. The maximum absolute atomic E-state index is 11.8. The molecule has 1 heterocycles. The fourth-order valence-corrected chi connectivity index (χ4v) is 2.46. The molecule has 0 unspecified atom stereocenters. The number of nitrogens with zero attached hydrogens (tertiary/aromatic N) is 1. The highest BCUT2D eigenvalue weighted by molar-refractivity contribution is 9.10. The quantitative estimate of drug-likeness (QED) is 0.874. The van der Waals surface area contributed by atoms with Crippen molar-refractivity contribution in [3.8, 4) is 0 Å². The number of hydrogen-bond donors (Lipinski definition) is 1. The number of anilines is 3. The number of rotatable bonds is 1. The average Bonchev–Trinajstić information content (AvgIpc) is 2.38. The zero-order valence-corrected chi connectivity index (χ0v) is 11.1. The predicted octanol–water partition coefficient (Wildman–Crippen LogP) is 3.54. The van der Waals surface area contributed by atoms with Gasteiger partial charge in [-0.1, -0.05) is 34.1 Å². The van der Waals surface area contributed by atoms with Gasteiger partial charge >= 0.3 is 0 Å². The van der Waals surface area contributed by atoms with Crippen LogP contribution in [-0.2, 0) is 4.79 Å². The second kappa shape index (κ2) is 4.46. The van der Waals surface area contributed by atoms with Gasteiger partial charge in [-0.15, -0.1) is 0 Å². The van der Waals surface area contributed by atoms with Crippen LogP contribution in [0.25, 0.3) is 0 Å². The van der Waals surface area contributed by atoms with E-state index in [-0.39, 0.29) is 5.91 Å². The summed E-state index contributed by atoms with van der Waals surface area (Å²) < 4.78 is 0.955. The lowest BCUT2D eigenvalue weighted by Crippen LogP contribution is -2.34. The lowest BCUT2D eigenvalue weighted by Gasteiger charge is -2.31. The van der Waals surface area contributed by atoms with Crippen LogP contribution in [0.4, 0.5) is 17.1 Å². The first-order chi connectivity index (χ1) is 8.74. The number of halogens is 1. The molecule has 3 nitrogen and oxygen atoms in total. The third-order valence-corrected chi connectivity index (χ3v) is 3.39. The number of para-hydroxylation sites is 1. The molecule has 0 saturated carbocycles. The highest BCUT2D eigenvalue weighted by Crippen LogP contribution is 2.36. The van der Waals surface area contributed by atoms with Gasteiger partial charge in [0, 0.05) is 10.2 Å². The summed E-state index contributed by atoms with van der Waals surface area (Å²) in [5, 5.41) is 2.89. The van der Waals surface area contributed by atoms with E-state index in [0.29, 0.717) is 6.54 Å². The van der Waals surface area contributed by atoms with Gasteiger partial charge < -0.3 is 10.2 Å². The second-order valence-corrected chi connectivity index (χ2v) is 5.05. The smallest absolute Gasteiger partial charge is 0.244 e. The number of hydrogen-bond acceptors (Lipinski definition) is 2. The summed E-state index contributed by atoms with van der Waals surface area (Å²) in [5.41, 5.74) is 2.88. The van der Waals surface area contributed by atoms with Crippen molar-refractivity contribution in [1.82, 2.24) is 0 Å². The Labute approximate surface area is 114 Å². The molecule has 2 aromatic rings. The molecule has 0 aliphatic carbocycles. The standard InChI is InChI=1S/C14H11BrN2O/c15-10-6-7-13-12(8-10)16-14(18)9-17(13)11-4-2-1-3-5-11/h1-8H,9H2,(H,16,18). The van der Waals surface area contributed by atoms with Crippen LogP contribution in [0.2, 0.25) is 0 Å². The Morgan fingerprint density at radius 3 is 2.67 bits per heavy atom. The summed E-state index contributed by atoms with van der Waals surface area (Å²) in [4.78, 5) is 13.8. The van der Waals surface area contributed by atoms with E-state index in [9.17, 15) is 4.79 Å². The van der Waals surface area contributed by atoms with Gasteiger partial charge in [-0.05, 0) is 30.3 Å². The minimum absolute atomic E-state index is 0.00412.